The Morgan fingerprint density at radius 3 is 2.81 bits per heavy atom. The number of nitrogens with one attached hydrogen (secondary N) is 1. The van der Waals surface area contributed by atoms with Crippen molar-refractivity contribution in [1.29, 1.82) is 0 Å². The van der Waals surface area contributed by atoms with Gasteiger partial charge < -0.3 is 10.1 Å². The van der Waals surface area contributed by atoms with E-state index in [0.29, 0.717) is 5.69 Å². The van der Waals surface area contributed by atoms with Crippen molar-refractivity contribution in [3.8, 4) is 5.88 Å². The maximum absolute atomic E-state index is 12.2. The number of ether oxygens (including phenoxy) is 1. The van der Waals surface area contributed by atoms with Gasteiger partial charge in [0.1, 0.15) is 5.56 Å². The van der Waals surface area contributed by atoms with Crippen LogP contribution in [0.3, 0.4) is 0 Å². The monoisotopic (exact) mass is 287 g/mol. The average Bonchev–Trinajstić information content (AvgIpc) is 2.49. The third-order valence-electron chi connectivity index (χ3n) is 2.89. The van der Waals surface area contributed by atoms with Crippen LogP contribution in [0.15, 0.2) is 36.5 Å². The second kappa shape index (κ2) is 6.00. The molecule has 0 atom stereocenters. The maximum atomic E-state index is 12.2. The van der Waals surface area contributed by atoms with Gasteiger partial charge in [0.05, 0.1) is 17.7 Å². The Hall–Kier alpha value is -2.96. The maximum Gasteiger partial charge on any atom is 0.271 e. The summed E-state index contributed by atoms with van der Waals surface area (Å²) < 4.78 is 5.02. The highest BCUT2D eigenvalue weighted by molar-refractivity contribution is 6.06. The smallest absolute Gasteiger partial charge is 0.271 e. The molecule has 1 amide bonds. The van der Waals surface area contributed by atoms with Crippen LogP contribution in [-0.2, 0) is 0 Å². The molecule has 0 aliphatic heterocycles. The molecule has 0 saturated carbocycles. The molecule has 1 aromatic heterocycles. The number of pyridine rings is 1. The molecule has 0 spiro atoms. The molecule has 0 fully saturated rings. The zero-order chi connectivity index (χ0) is 15.4. The van der Waals surface area contributed by atoms with Crippen LogP contribution in [0.25, 0.3) is 0 Å². The average molecular weight is 287 g/mol. The summed E-state index contributed by atoms with van der Waals surface area (Å²) in [6.07, 6.45) is 1.51. The molecular weight excluding hydrogens is 274 g/mol. The van der Waals surface area contributed by atoms with Gasteiger partial charge in [0.15, 0.2) is 0 Å². The number of hydrogen-bond acceptors (Lipinski definition) is 5. The molecule has 7 nitrogen and oxygen atoms in total. The fourth-order valence-electron chi connectivity index (χ4n) is 1.77. The zero-order valence-electron chi connectivity index (χ0n) is 11.5. The van der Waals surface area contributed by atoms with E-state index in [1.807, 2.05) is 0 Å². The Morgan fingerprint density at radius 2 is 2.14 bits per heavy atom. The van der Waals surface area contributed by atoms with Crippen LogP contribution in [0.1, 0.15) is 15.9 Å². The van der Waals surface area contributed by atoms with Crippen molar-refractivity contribution in [2.75, 3.05) is 12.4 Å². The SMILES string of the molecule is COc1ncccc1C(=O)Nc1cc([N+](=O)[O-])ccc1C. The second-order valence-electron chi connectivity index (χ2n) is 4.27. The van der Waals surface area contributed by atoms with Crippen molar-refractivity contribution >= 4 is 17.3 Å². The largest absolute Gasteiger partial charge is 0.480 e. The van der Waals surface area contributed by atoms with Crippen molar-refractivity contribution in [3.63, 3.8) is 0 Å². The molecule has 1 aromatic carbocycles. The van der Waals surface area contributed by atoms with Crippen LogP contribution in [0, 0.1) is 17.0 Å². The number of rotatable bonds is 4. The number of carbonyl (C=O) groups excluding carboxylic acids is 1. The number of aromatic nitrogens is 1. The first-order valence-electron chi connectivity index (χ1n) is 6.08. The van der Waals surface area contributed by atoms with E-state index in [1.54, 1.807) is 25.1 Å². The van der Waals surface area contributed by atoms with Crippen LogP contribution < -0.4 is 10.1 Å². The molecule has 0 unspecified atom stereocenters. The Bertz CT molecular complexity index is 700. The number of anilines is 1. The summed E-state index contributed by atoms with van der Waals surface area (Å²) in [6, 6.07) is 7.45. The predicted octanol–water partition coefficient (Wildman–Crippen LogP) is 2.56. The second-order valence-corrected chi connectivity index (χ2v) is 4.27. The molecule has 0 radical (unpaired) electrons. The Balaban J connectivity index is 2.31. The number of nitro benzene ring substituents is 1. The molecule has 7 heteroatoms. The number of amides is 1. The molecule has 108 valence electrons. The van der Waals surface area contributed by atoms with Gasteiger partial charge in [0.25, 0.3) is 11.6 Å². The van der Waals surface area contributed by atoms with Crippen LogP contribution in [0.2, 0.25) is 0 Å². The minimum atomic E-state index is -0.514. The number of carbonyl (C=O) groups is 1. The number of aryl methyl sites for hydroxylation is 1. The number of nitrogens with zero attached hydrogens (tertiary/aromatic N) is 2. The normalized spacial score (nSPS) is 10.0. The van der Waals surface area contributed by atoms with Gasteiger partial charge in [-0.25, -0.2) is 4.98 Å². The summed E-state index contributed by atoms with van der Waals surface area (Å²) in [6.45, 7) is 1.75. The van der Waals surface area contributed by atoms with Crippen molar-refractivity contribution < 1.29 is 14.5 Å². The predicted molar refractivity (Wildman–Crippen MR) is 76.6 cm³/mol. The van der Waals surface area contributed by atoms with Gasteiger partial charge in [0.2, 0.25) is 5.88 Å². The summed E-state index contributed by atoms with van der Waals surface area (Å²) in [5.74, 6) is -0.248. The van der Waals surface area contributed by atoms with Crippen molar-refractivity contribution in [2.24, 2.45) is 0 Å². The topological polar surface area (TPSA) is 94.4 Å². The lowest BCUT2D eigenvalue weighted by Gasteiger charge is -2.10. The highest BCUT2D eigenvalue weighted by Crippen LogP contribution is 2.23. The molecule has 21 heavy (non-hydrogen) atoms. The van der Waals surface area contributed by atoms with E-state index >= 15 is 0 Å². The summed E-state index contributed by atoms with van der Waals surface area (Å²) in [5, 5.41) is 13.4. The Labute approximate surface area is 120 Å². The van der Waals surface area contributed by atoms with Crippen LogP contribution in [-0.4, -0.2) is 22.9 Å². The molecule has 1 N–H and O–H groups in total. The van der Waals surface area contributed by atoms with Gasteiger partial charge in [-0.15, -0.1) is 0 Å². The Morgan fingerprint density at radius 1 is 1.38 bits per heavy atom. The molecule has 0 saturated heterocycles. The fraction of sp³-hybridized carbons (Fsp3) is 0.143. The molecule has 0 bridgehead atoms. The lowest BCUT2D eigenvalue weighted by atomic mass is 10.1. The number of methoxy groups -OCH3 is 1. The fourth-order valence-corrected chi connectivity index (χ4v) is 1.77. The minimum Gasteiger partial charge on any atom is -0.480 e. The van der Waals surface area contributed by atoms with E-state index in [0.717, 1.165) is 5.56 Å². The quantitative estimate of drug-likeness (QED) is 0.688. The minimum absolute atomic E-state index is 0.0888. The highest BCUT2D eigenvalue weighted by Gasteiger charge is 2.15. The van der Waals surface area contributed by atoms with Crippen LogP contribution in [0.5, 0.6) is 5.88 Å². The van der Waals surface area contributed by atoms with E-state index in [-0.39, 0.29) is 17.1 Å². The molecule has 0 aliphatic rings. The van der Waals surface area contributed by atoms with E-state index in [9.17, 15) is 14.9 Å². The molecular formula is C14H13N3O4. The number of hydrogen-bond donors (Lipinski definition) is 1. The molecule has 1 heterocycles. The first-order valence-corrected chi connectivity index (χ1v) is 6.08. The van der Waals surface area contributed by atoms with Gasteiger partial charge in [-0.3, -0.25) is 14.9 Å². The molecule has 2 rings (SSSR count). The van der Waals surface area contributed by atoms with E-state index in [1.165, 1.54) is 25.4 Å². The van der Waals surface area contributed by atoms with Crippen LogP contribution >= 0.6 is 0 Å². The van der Waals surface area contributed by atoms with Crippen molar-refractivity contribution in [2.45, 2.75) is 6.92 Å². The van der Waals surface area contributed by atoms with E-state index in [2.05, 4.69) is 10.3 Å². The molecule has 2 aromatic rings. The summed E-state index contributed by atoms with van der Waals surface area (Å²) in [4.78, 5) is 26.4. The van der Waals surface area contributed by atoms with Gasteiger partial charge in [-0.05, 0) is 24.6 Å². The van der Waals surface area contributed by atoms with Gasteiger partial charge in [-0.2, -0.15) is 0 Å². The lowest BCUT2D eigenvalue weighted by Crippen LogP contribution is -2.14. The van der Waals surface area contributed by atoms with E-state index in [4.69, 9.17) is 4.74 Å². The first-order chi connectivity index (χ1) is 10.0. The highest BCUT2D eigenvalue weighted by atomic mass is 16.6. The summed E-state index contributed by atoms with van der Waals surface area (Å²) >= 11 is 0. The standard InChI is InChI=1S/C14H13N3O4/c1-9-5-6-10(17(19)20)8-12(9)16-13(18)11-4-3-7-15-14(11)21-2/h3-8H,1-2H3,(H,16,18). The van der Waals surface area contributed by atoms with E-state index < -0.39 is 10.8 Å². The third kappa shape index (κ3) is 3.14. The Kier molecular flexibility index (Phi) is 4.13. The zero-order valence-corrected chi connectivity index (χ0v) is 11.5. The molecule has 0 aliphatic carbocycles. The number of nitro groups is 1. The van der Waals surface area contributed by atoms with Gasteiger partial charge in [0, 0.05) is 18.3 Å². The summed E-state index contributed by atoms with van der Waals surface area (Å²) in [7, 11) is 1.41. The number of non-ortho nitro benzene ring substituents is 1. The first kappa shape index (κ1) is 14.4. The third-order valence-corrected chi connectivity index (χ3v) is 2.89. The number of benzene rings is 1. The van der Waals surface area contributed by atoms with Crippen LogP contribution in [0.4, 0.5) is 11.4 Å². The van der Waals surface area contributed by atoms with Gasteiger partial charge in [-0.1, -0.05) is 6.07 Å². The van der Waals surface area contributed by atoms with Gasteiger partial charge >= 0.3 is 0 Å². The summed E-state index contributed by atoms with van der Waals surface area (Å²) in [5.41, 5.74) is 1.26. The lowest BCUT2D eigenvalue weighted by molar-refractivity contribution is -0.384. The van der Waals surface area contributed by atoms with Crippen molar-refractivity contribution in [3.05, 3.63) is 57.8 Å². The van der Waals surface area contributed by atoms with Crippen molar-refractivity contribution in [1.82, 2.24) is 4.98 Å².